The van der Waals surface area contributed by atoms with Crippen molar-refractivity contribution in [2.24, 2.45) is 0 Å². The molecule has 0 fully saturated rings. The van der Waals surface area contributed by atoms with Gasteiger partial charge in [-0.15, -0.1) is 0 Å². The predicted octanol–water partition coefficient (Wildman–Crippen LogP) is 3.14. The van der Waals surface area contributed by atoms with Crippen LogP contribution in [0.3, 0.4) is 0 Å². The summed E-state index contributed by atoms with van der Waals surface area (Å²) in [5.41, 5.74) is 7.78. The van der Waals surface area contributed by atoms with Gasteiger partial charge in [-0.2, -0.15) is 0 Å². The number of rotatable bonds is 6. The molecule has 1 amide bonds. The van der Waals surface area contributed by atoms with E-state index in [0.29, 0.717) is 5.56 Å². The van der Waals surface area contributed by atoms with Crippen LogP contribution in [-0.2, 0) is 13.1 Å². The number of nitrogens with two attached hydrogens (primary N) is 1. The normalized spacial score (nSPS) is 10.7. The third kappa shape index (κ3) is 5.09. The van der Waals surface area contributed by atoms with Crippen LogP contribution in [0.4, 0.5) is 14.7 Å². The number of carbonyl (C=O) groups excluding carboxylic acids is 1. The zero-order valence-corrected chi connectivity index (χ0v) is 17.3. The van der Waals surface area contributed by atoms with Crippen LogP contribution in [-0.4, -0.2) is 20.4 Å². The molecule has 0 bridgehead atoms. The molecule has 0 unspecified atom stereocenters. The van der Waals surface area contributed by atoms with Crippen LogP contribution in [0.2, 0.25) is 0 Å². The quantitative estimate of drug-likeness (QED) is 0.473. The standard InChI is InChI=1S/C24H19F2N5O2/c25-20-7-6-16(10-21(20)26)14-31-8-2-5-19(23(31)33)22(32)28-11-15-3-1-4-17(9-15)18-12-29-24(27)30-13-18/h1-10,12-13H,11,14H2,(H,28,32)(H2,27,29,30). The highest BCUT2D eigenvalue weighted by Crippen LogP contribution is 2.19. The molecule has 0 radical (unpaired) electrons. The lowest BCUT2D eigenvalue weighted by Gasteiger charge is -2.10. The molecule has 2 aromatic heterocycles. The first-order valence-corrected chi connectivity index (χ1v) is 9.99. The number of hydrogen-bond acceptors (Lipinski definition) is 5. The lowest BCUT2D eigenvalue weighted by Crippen LogP contribution is -2.32. The number of benzene rings is 2. The van der Waals surface area contributed by atoms with E-state index in [9.17, 15) is 18.4 Å². The van der Waals surface area contributed by atoms with E-state index in [-0.39, 0.29) is 24.6 Å². The summed E-state index contributed by atoms with van der Waals surface area (Å²) in [4.78, 5) is 33.4. The van der Waals surface area contributed by atoms with Gasteiger partial charge in [-0.3, -0.25) is 9.59 Å². The van der Waals surface area contributed by atoms with Crippen LogP contribution in [0.1, 0.15) is 21.5 Å². The molecular weight excluding hydrogens is 428 g/mol. The van der Waals surface area contributed by atoms with Gasteiger partial charge in [-0.25, -0.2) is 18.7 Å². The molecule has 2 heterocycles. The highest BCUT2D eigenvalue weighted by Gasteiger charge is 2.13. The number of amides is 1. The summed E-state index contributed by atoms with van der Waals surface area (Å²) in [5.74, 6) is -2.32. The van der Waals surface area contributed by atoms with E-state index in [1.165, 1.54) is 22.9 Å². The van der Waals surface area contributed by atoms with Crippen LogP contribution in [0.15, 0.2) is 78.0 Å². The average molecular weight is 447 g/mol. The number of nitrogens with zero attached hydrogens (tertiary/aromatic N) is 3. The molecule has 0 spiro atoms. The van der Waals surface area contributed by atoms with E-state index in [2.05, 4.69) is 15.3 Å². The molecule has 4 rings (SSSR count). The number of aromatic nitrogens is 3. The van der Waals surface area contributed by atoms with Crippen molar-refractivity contribution in [1.29, 1.82) is 0 Å². The van der Waals surface area contributed by atoms with E-state index in [1.54, 1.807) is 18.5 Å². The van der Waals surface area contributed by atoms with Crippen molar-refractivity contribution in [2.45, 2.75) is 13.1 Å². The first kappa shape index (κ1) is 21.8. The SMILES string of the molecule is Nc1ncc(-c2cccc(CNC(=O)c3cccn(Cc4ccc(F)c(F)c4)c3=O)c2)cn1. The summed E-state index contributed by atoms with van der Waals surface area (Å²) in [6.45, 7) is 0.197. The van der Waals surface area contributed by atoms with Crippen molar-refractivity contribution in [1.82, 2.24) is 19.9 Å². The maximum absolute atomic E-state index is 13.5. The van der Waals surface area contributed by atoms with E-state index in [1.807, 2.05) is 24.3 Å². The van der Waals surface area contributed by atoms with Crippen LogP contribution in [0, 0.1) is 11.6 Å². The van der Waals surface area contributed by atoms with Gasteiger partial charge in [0.05, 0.1) is 6.54 Å². The molecule has 9 heteroatoms. The Morgan fingerprint density at radius 3 is 2.48 bits per heavy atom. The Morgan fingerprint density at radius 1 is 0.939 bits per heavy atom. The van der Waals surface area contributed by atoms with Crippen LogP contribution in [0.25, 0.3) is 11.1 Å². The average Bonchev–Trinajstić information content (AvgIpc) is 2.82. The summed E-state index contributed by atoms with van der Waals surface area (Å²) >= 11 is 0. The summed E-state index contributed by atoms with van der Waals surface area (Å²) in [7, 11) is 0. The zero-order valence-electron chi connectivity index (χ0n) is 17.3. The predicted molar refractivity (Wildman–Crippen MR) is 119 cm³/mol. The van der Waals surface area contributed by atoms with E-state index < -0.39 is 23.1 Å². The van der Waals surface area contributed by atoms with Crippen LogP contribution in [0.5, 0.6) is 0 Å². The Hall–Kier alpha value is -4.40. The van der Waals surface area contributed by atoms with E-state index in [0.717, 1.165) is 28.8 Å². The number of nitrogens with one attached hydrogen (secondary N) is 1. The van der Waals surface area contributed by atoms with E-state index in [4.69, 9.17) is 5.73 Å². The number of carbonyl (C=O) groups is 1. The van der Waals surface area contributed by atoms with Gasteiger partial charge in [0.15, 0.2) is 11.6 Å². The second-order valence-corrected chi connectivity index (χ2v) is 7.32. The second-order valence-electron chi connectivity index (χ2n) is 7.32. The van der Waals surface area contributed by atoms with E-state index >= 15 is 0 Å². The lowest BCUT2D eigenvalue weighted by molar-refractivity contribution is 0.0949. The minimum absolute atomic E-state index is 0.00284. The molecule has 0 atom stereocenters. The topological polar surface area (TPSA) is 103 Å². The molecule has 33 heavy (non-hydrogen) atoms. The van der Waals surface area contributed by atoms with Crippen molar-refractivity contribution < 1.29 is 13.6 Å². The Morgan fingerprint density at radius 2 is 1.73 bits per heavy atom. The molecule has 0 aliphatic rings. The molecule has 0 aliphatic carbocycles. The van der Waals surface area contributed by atoms with Gasteiger partial charge in [0.1, 0.15) is 5.56 Å². The zero-order chi connectivity index (χ0) is 23.4. The summed E-state index contributed by atoms with van der Waals surface area (Å²) < 4.78 is 27.9. The minimum Gasteiger partial charge on any atom is -0.368 e. The molecular formula is C24H19F2N5O2. The maximum Gasteiger partial charge on any atom is 0.263 e. The number of halogens is 2. The molecule has 3 N–H and O–H groups in total. The van der Waals surface area contributed by atoms with Gasteiger partial charge in [-0.05, 0) is 47.0 Å². The molecule has 7 nitrogen and oxygen atoms in total. The molecule has 166 valence electrons. The Bertz CT molecular complexity index is 1370. The Kier molecular flexibility index (Phi) is 6.21. The largest absolute Gasteiger partial charge is 0.368 e. The molecule has 4 aromatic rings. The monoisotopic (exact) mass is 447 g/mol. The van der Waals surface area contributed by atoms with Gasteiger partial charge < -0.3 is 15.6 Å². The number of pyridine rings is 1. The first-order valence-electron chi connectivity index (χ1n) is 9.99. The van der Waals surface area contributed by atoms with Gasteiger partial charge >= 0.3 is 0 Å². The molecule has 0 aliphatic heterocycles. The first-order chi connectivity index (χ1) is 15.9. The number of anilines is 1. The smallest absolute Gasteiger partial charge is 0.263 e. The summed E-state index contributed by atoms with van der Waals surface area (Å²) in [6.07, 6.45) is 4.71. The highest BCUT2D eigenvalue weighted by molar-refractivity contribution is 5.93. The third-order valence-corrected chi connectivity index (χ3v) is 4.99. The number of hydrogen-bond donors (Lipinski definition) is 2. The van der Waals surface area contributed by atoms with Crippen LogP contribution >= 0.6 is 0 Å². The van der Waals surface area contributed by atoms with Crippen LogP contribution < -0.4 is 16.6 Å². The fourth-order valence-electron chi connectivity index (χ4n) is 3.29. The van der Waals surface area contributed by atoms with Gasteiger partial charge in [0, 0.05) is 30.7 Å². The molecule has 2 aromatic carbocycles. The second kappa shape index (κ2) is 9.39. The number of nitrogen functional groups attached to an aromatic ring is 1. The summed E-state index contributed by atoms with van der Waals surface area (Å²) in [5, 5.41) is 2.74. The van der Waals surface area contributed by atoms with Crippen molar-refractivity contribution in [3.63, 3.8) is 0 Å². The van der Waals surface area contributed by atoms with Crippen molar-refractivity contribution in [3.8, 4) is 11.1 Å². The third-order valence-electron chi connectivity index (χ3n) is 4.99. The van der Waals surface area contributed by atoms with Crippen molar-refractivity contribution in [2.75, 3.05) is 5.73 Å². The maximum atomic E-state index is 13.5. The molecule has 0 saturated carbocycles. The minimum atomic E-state index is -0.998. The Labute approximate surface area is 187 Å². The lowest BCUT2D eigenvalue weighted by atomic mass is 10.1. The Balaban J connectivity index is 1.47. The van der Waals surface area contributed by atoms with Crippen molar-refractivity contribution >= 4 is 11.9 Å². The fraction of sp³-hybridized carbons (Fsp3) is 0.0833. The van der Waals surface area contributed by atoms with Gasteiger partial charge in [0.2, 0.25) is 5.95 Å². The summed E-state index contributed by atoms with van der Waals surface area (Å²) in [6, 6.07) is 13.8. The van der Waals surface area contributed by atoms with Gasteiger partial charge in [0.25, 0.3) is 11.5 Å². The van der Waals surface area contributed by atoms with Gasteiger partial charge in [-0.1, -0.05) is 24.3 Å². The highest BCUT2D eigenvalue weighted by atomic mass is 19.2. The molecule has 0 saturated heterocycles. The van der Waals surface area contributed by atoms with Crippen molar-refractivity contribution in [3.05, 3.63) is 112 Å². The fourth-order valence-corrected chi connectivity index (χ4v) is 3.29.